The third-order valence-corrected chi connectivity index (χ3v) is 3.02. The minimum absolute atomic E-state index is 0.210. The van der Waals surface area contributed by atoms with Gasteiger partial charge in [-0.25, -0.2) is 4.98 Å². The van der Waals surface area contributed by atoms with Crippen LogP contribution in [-0.2, 0) is 0 Å². The van der Waals surface area contributed by atoms with Crippen molar-refractivity contribution in [1.29, 1.82) is 0 Å². The number of carbonyl (C=O) groups is 1. The van der Waals surface area contributed by atoms with E-state index in [-0.39, 0.29) is 11.9 Å². The lowest BCUT2D eigenvalue weighted by molar-refractivity contribution is 0.102. The highest BCUT2D eigenvalue weighted by Gasteiger charge is 2.11. The van der Waals surface area contributed by atoms with Gasteiger partial charge in [-0.2, -0.15) is 5.10 Å². The highest BCUT2D eigenvalue weighted by molar-refractivity contribution is 9.10. The van der Waals surface area contributed by atoms with Gasteiger partial charge in [0.05, 0.1) is 17.4 Å². The van der Waals surface area contributed by atoms with Crippen molar-refractivity contribution in [1.82, 2.24) is 14.8 Å². The van der Waals surface area contributed by atoms with Crippen molar-refractivity contribution >= 4 is 27.5 Å². The fourth-order valence-corrected chi connectivity index (χ4v) is 1.87. The van der Waals surface area contributed by atoms with Crippen LogP contribution in [0.5, 0.6) is 0 Å². The van der Waals surface area contributed by atoms with E-state index in [1.165, 1.54) is 0 Å². The van der Waals surface area contributed by atoms with E-state index in [1.54, 1.807) is 35.4 Å². The van der Waals surface area contributed by atoms with Crippen LogP contribution in [0.3, 0.4) is 0 Å². The molecule has 94 valence electrons. The summed E-state index contributed by atoms with van der Waals surface area (Å²) in [6.45, 7) is 4.05. The fraction of sp³-hybridized carbons (Fsp3) is 0.250. The molecule has 2 rings (SSSR count). The zero-order chi connectivity index (χ0) is 13.1. The lowest BCUT2D eigenvalue weighted by Crippen LogP contribution is -2.12. The Balaban J connectivity index is 2.14. The minimum atomic E-state index is -0.210. The van der Waals surface area contributed by atoms with Crippen LogP contribution in [0.25, 0.3) is 0 Å². The number of hydrogen-bond acceptors (Lipinski definition) is 3. The van der Waals surface area contributed by atoms with E-state index in [0.717, 1.165) is 0 Å². The molecular weight excluding hydrogens is 296 g/mol. The first-order chi connectivity index (χ1) is 8.58. The van der Waals surface area contributed by atoms with E-state index in [4.69, 9.17) is 0 Å². The molecule has 2 aromatic heterocycles. The molecule has 0 saturated heterocycles. The second kappa shape index (κ2) is 5.30. The lowest BCUT2D eigenvalue weighted by Gasteiger charge is -2.05. The van der Waals surface area contributed by atoms with Crippen molar-refractivity contribution in [2.75, 3.05) is 5.32 Å². The second-order valence-corrected chi connectivity index (χ2v) is 4.85. The van der Waals surface area contributed by atoms with Crippen LogP contribution in [-0.4, -0.2) is 20.7 Å². The summed E-state index contributed by atoms with van der Waals surface area (Å²) in [6.07, 6.45) is 5.05. The zero-order valence-corrected chi connectivity index (χ0v) is 11.7. The molecule has 0 saturated carbocycles. The molecule has 0 radical (unpaired) electrons. The highest BCUT2D eigenvalue weighted by Crippen LogP contribution is 2.16. The number of pyridine rings is 1. The van der Waals surface area contributed by atoms with Crippen molar-refractivity contribution in [2.45, 2.75) is 19.9 Å². The summed E-state index contributed by atoms with van der Waals surface area (Å²) in [4.78, 5) is 16.0. The van der Waals surface area contributed by atoms with E-state index in [1.807, 2.05) is 13.8 Å². The predicted molar refractivity (Wildman–Crippen MR) is 72.5 cm³/mol. The van der Waals surface area contributed by atoms with Gasteiger partial charge in [0.2, 0.25) is 0 Å². The Morgan fingerprint density at radius 3 is 2.89 bits per heavy atom. The van der Waals surface area contributed by atoms with Gasteiger partial charge in [0.15, 0.2) is 0 Å². The van der Waals surface area contributed by atoms with Gasteiger partial charge in [0.25, 0.3) is 5.91 Å². The Morgan fingerprint density at radius 1 is 1.50 bits per heavy atom. The third kappa shape index (κ3) is 2.76. The number of carbonyl (C=O) groups excluding carboxylic acids is 1. The van der Waals surface area contributed by atoms with Gasteiger partial charge < -0.3 is 5.32 Å². The Kier molecular flexibility index (Phi) is 3.76. The number of nitrogens with zero attached hydrogens (tertiary/aromatic N) is 3. The van der Waals surface area contributed by atoms with E-state index in [0.29, 0.717) is 15.9 Å². The van der Waals surface area contributed by atoms with Gasteiger partial charge in [0.1, 0.15) is 4.60 Å². The Hall–Kier alpha value is -1.69. The predicted octanol–water partition coefficient (Wildman–Crippen LogP) is 2.87. The SMILES string of the molecule is CC(C)n1cc(NC(=O)c2cccnc2Br)cn1. The molecule has 5 nitrogen and oxygen atoms in total. The number of amides is 1. The minimum Gasteiger partial charge on any atom is -0.319 e. The monoisotopic (exact) mass is 308 g/mol. The average molecular weight is 309 g/mol. The maximum atomic E-state index is 12.0. The molecule has 18 heavy (non-hydrogen) atoms. The number of halogens is 1. The molecule has 1 amide bonds. The van der Waals surface area contributed by atoms with Crippen LogP contribution in [0, 0.1) is 0 Å². The summed E-state index contributed by atoms with van der Waals surface area (Å²) in [5, 5.41) is 6.94. The maximum absolute atomic E-state index is 12.0. The van der Waals surface area contributed by atoms with Crippen LogP contribution in [0.15, 0.2) is 35.3 Å². The Bertz CT molecular complexity index is 565. The standard InChI is InChI=1S/C12H13BrN4O/c1-8(2)17-7-9(6-15-17)16-12(18)10-4-3-5-14-11(10)13/h3-8H,1-2H3,(H,16,18). The van der Waals surface area contributed by atoms with Gasteiger partial charge in [-0.1, -0.05) is 0 Å². The van der Waals surface area contributed by atoms with Crippen LogP contribution in [0.1, 0.15) is 30.2 Å². The zero-order valence-electron chi connectivity index (χ0n) is 10.1. The van der Waals surface area contributed by atoms with Gasteiger partial charge in [-0.3, -0.25) is 9.48 Å². The summed E-state index contributed by atoms with van der Waals surface area (Å²) >= 11 is 3.25. The lowest BCUT2D eigenvalue weighted by atomic mass is 10.2. The quantitative estimate of drug-likeness (QED) is 0.887. The van der Waals surface area contributed by atoms with Crippen LogP contribution in [0.2, 0.25) is 0 Å². The average Bonchev–Trinajstić information content (AvgIpc) is 2.78. The molecule has 0 atom stereocenters. The van der Waals surface area contributed by atoms with Crippen molar-refractivity contribution in [3.05, 3.63) is 40.9 Å². The molecule has 0 aromatic carbocycles. The van der Waals surface area contributed by atoms with Gasteiger partial charge in [-0.05, 0) is 41.9 Å². The van der Waals surface area contributed by atoms with Crippen LogP contribution < -0.4 is 5.32 Å². The summed E-state index contributed by atoms with van der Waals surface area (Å²) in [7, 11) is 0. The number of aromatic nitrogens is 3. The summed E-state index contributed by atoms with van der Waals surface area (Å²) in [5.41, 5.74) is 1.17. The van der Waals surface area contributed by atoms with E-state index in [9.17, 15) is 4.79 Å². The summed E-state index contributed by atoms with van der Waals surface area (Å²) < 4.78 is 2.31. The number of anilines is 1. The maximum Gasteiger partial charge on any atom is 0.258 e. The molecule has 2 aromatic rings. The van der Waals surface area contributed by atoms with Gasteiger partial charge >= 0.3 is 0 Å². The molecule has 0 aliphatic carbocycles. The molecular formula is C12H13BrN4O. The highest BCUT2D eigenvalue weighted by atomic mass is 79.9. The van der Waals surface area contributed by atoms with Crippen molar-refractivity contribution < 1.29 is 4.79 Å². The Morgan fingerprint density at radius 2 is 2.28 bits per heavy atom. The van der Waals surface area contributed by atoms with E-state index in [2.05, 4.69) is 31.3 Å². The smallest absolute Gasteiger partial charge is 0.258 e. The van der Waals surface area contributed by atoms with Crippen molar-refractivity contribution in [3.8, 4) is 0 Å². The normalized spacial score (nSPS) is 10.7. The molecule has 0 fully saturated rings. The van der Waals surface area contributed by atoms with Crippen molar-refractivity contribution in [2.24, 2.45) is 0 Å². The number of nitrogens with one attached hydrogen (secondary N) is 1. The Labute approximate surface area is 113 Å². The first-order valence-electron chi connectivity index (χ1n) is 5.54. The van der Waals surface area contributed by atoms with Crippen molar-refractivity contribution in [3.63, 3.8) is 0 Å². The van der Waals surface area contributed by atoms with Crippen LogP contribution >= 0.6 is 15.9 Å². The summed E-state index contributed by atoms with van der Waals surface area (Å²) in [5.74, 6) is -0.210. The molecule has 0 unspecified atom stereocenters. The van der Waals surface area contributed by atoms with Crippen LogP contribution in [0.4, 0.5) is 5.69 Å². The molecule has 2 heterocycles. The molecule has 6 heteroatoms. The number of hydrogen-bond donors (Lipinski definition) is 1. The number of rotatable bonds is 3. The van der Waals surface area contributed by atoms with E-state index < -0.39 is 0 Å². The van der Waals surface area contributed by atoms with E-state index >= 15 is 0 Å². The topological polar surface area (TPSA) is 59.8 Å². The molecule has 0 aliphatic heterocycles. The molecule has 0 spiro atoms. The fourth-order valence-electron chi connectivity index (χ4n) is 1.44. The largest absolute Gasteiger partial charge is 0.319 e. The van der Waals surface area contributed by atoms with Gasteiger partial charge in [0, 0.05) is 18.4 Å². The molecule has 0 bridgehead atoms. The molecule has 1 N–H and O–H groups in total. The first-order valence-corrected chi connectivity index (χ1v) is 6.33. The molecule has 0 aliphatic rings. The first kappa shape index (κ1) is 12.8. The third-order valence-electron chi connectivity index (χ3n) is 2.39. The van der Waals surface area contributed by atoms with Gasteiger partial charge in [-0.15, -0.1) is 0 Å². The summed E-state index contributed by atoms with van der Waals surface area (Å²) in [6, 6.07) is 3.69. The second-order valence-electron chi connectivity index (χ2n) is 4.10.